The van der Waals surface area contributed by atoms with Crippen LogP contribution in [0.5, 0.6) is 11.5 Å². The van der Waals surface area contributed by atoms with Gasteiger partial charge in [-0.05, 0) is 51.8 Å². The van der Waals surface area contributed by atoms with Crippen molar-refractivity contribution in [1.29, 1.82) is 0 Å². The number of benzene rings is 1. The summed E-state index contributed by atoms with van der Waals surface area (Å²) in [4.78, 5) is 13.0. The highest BCUT2D eigenvalue weighted by Crippen LogP contribution is 2.38. The number of para-hydroxylation sites is 2. The number of aryl methyl sites for hydroxylation is 2. The van der Waals surface area contributed by atoms with Gasteiger partial charge in [-0.25, -0.2) is 0 Å². The Kier molecular flexibility index (Phi) is 5.25. The number of rotatable bonds is 7. The van der Waals surface area contributed by atoms with Gasteiger partial charge in [0.2, 0.25) is 0 Å². The Bertz CT molecular complexity index is 1130. The molecule has 2 aliphatic rings. The molecule has 1 aromatic carbocycles. The van der Waals surface area contributed by atoms with Crippen molar-refractivity contribution in [2.75, 3.05) is 12.4 Å². The Morgan fingerprint density at radius 2 is 1.94 bits per heavy atom. The van der Waals surface area contributed by atoms with Crippen molar-refractivity contribution >= 4 is 17.5 Å². The highest BCUT2D eigenvalue weighted by atomic mass is 32.2. The van der Waals surface area contributed by atoms with Crippen LogP contribution in [0.15, 0.2) is 35.5 Å². The SMILES string of the molecule is Cc1cc(C(=O)CSc2nnc(C)n2C2CC2)c(C)n1CC1COc2ccccc2O1. The van der Waals surface area contributed by atoms with Gasteiger partial charge in [-0.15, -0.1) is 10.2 Å². The first-order chi connectivity index (χ1) is 15.0. The summed E-state index contributed by atoms with van der Waals surface area (Å²) in [6.45, 7) is 7.13. The summed E-state index contributed by atoms with van der Waals surface area (Å²) in [5.41, 5.74) is 2.77. The van der Waals surface area contributed by atoms with Crippen molar-refractivity contribution in [2.45, 2.75) is 57.5 Å². The molecule has 7 nitrogen and oxygen atoms in total. The summed E-state index contributed by atoms with van der Waals surface area (Å²) in [6, 6.07) is 10.2. The molecule has 0 bridgehead atoms. The lowest BCUT2D eigenvalue weighted by Gasteiger charge is -2.27. The number of hydrogen-bond donors (Lipinski definition) is 0. The molecule has 8 heteroatoms. The van der Waals surface area contributed by atoms with Crippen LogP contribution in [0, 0.1) is 20.8 Å². The molecule has 31 heavy (non-hydrogen) atoms. The number of carbonyl (C=O) groups is 1. The van der Waals surface area contributed by atoms with Gasteiger partial charge in [0.1, 0.15) is 12.4 Å². The van der Waals surface area contributed by atoms with E-state index in [0.29, 0.717) is 24.9 Å². The molecule has 1 aliphatic carbocycles. The van der Waals surface area contributed by atoms with E-state index in [0.717, 1.165) is 39.4 Å². The molecule has 1 fully saturated rings. The number of nitrogens with zero attached hydrogens (tertiary/aromatic N) is 4. The predicted octanol–water partition coefficient (Wildman–Crippen LogP) is 4.15. The summed E-state index contributed by atoms with van der Waals surface area (Å²) in [6.07, 6.45) is 2.23. The molecular formula is C23H26N4O3S. The zero-order valence-electron chi connectivity index (χ0n) is 18.0. The normalized spacial score (nSPS) is 17.7. The first-order valence-corrected chi connectivity index (χ1v) is 11.6. The molecule has 5 rings (SSSR count). The van der Waals surface area contributed by atoms with Crippen LogP contribution in [0.25, 0.3) is 0 Å². The molecule has 2 aromatic heterocycles. The van der Waals surface area contributed by atoms with Crippen LogP contribution in [0.1, 0.15) is 46.5 Å². The maximum atomic E-state index is 13.0. The van der Waals surface area contributed by atoms with Gasteiger partial charge < -0.3 is 18.6 Å². The minimum absolute atomic E-state index is 0.0999. The van der Waals surface area contributed by atoms with Gasteiger partial charge in [-0.2, -0.15) is 0 Å². The van der Waals surface area contributed by atoms with Crippen LogP contribution >= 0.6 is 11.8 Å². The number of ketones is 1. The van der Waals surface area contributed by atoms with Crippen LogP contribution < -0.4 is 9.47 Å². The van der Waals surface area contributed by atoms with Gasteiger partial charge in [-0.1, -0.05) is 23.9 Å². The first-order valence-electron chi connectivity index (χ1n) is 10.6. The van der Waals surface area contributed by atoms with Crippen LogP contribution in [0.4, 0.5) is 0 Å². The van der Waals surface area contributed by atoms with Gasteiger partial charge in [0.25, 0.3) is 0 Å². The second-order valence-electron chi connectivity index (χ2n) is 8.24. The highest BCUT2D eigenvalue weighted by Gasteiger charge is 2.29. The lowest BCUT2D eigenvalue weighted by Crippen LogP contribution is -2.33. The fourth-order valence-electron chi connectivity index (χ4n) is 4.13. The molecule has 1 unspecified atom stereocenters. The van der Waals surface area contributed by atoms with E-state index >= 15 is 0 Å². The van der Waals surface area contributed by atoms with E-state index in [4.69, 9.17) is 9.47 Å². The van der Waals surface area contributed by atoms with Crippen molar-refractivity contribution in [3.05, 3.63) is 53.1 Å². The minimum Gasteiger partial charge on any atom is -0.486 e. The molecule has 0 spiro atoms. The van der Waals surface area contributed by atoms with E-state index in [2.05, 4.69) is 19.3 Å². The Labute approximate surface area is 185 Å². The third kappa shape index (κ3) is 3.96. The number of carbonyl (C=O) groups excluding carboxylic acids is 1. The smallest absolute Gasteiger partial charge is 0.191 e. The number of thioether (sulfide) groups is 1. The van der Waals surface area contributed by atoms with Crippen molar-refractivity contribution in [2.24, 2.45) is 0 Å². The Morgan fingerprint density at radius 1 is 1.16 bits per heavy atom. The number of ether oxygens (including phenoxy) is 2. The molecule has 3 aromatic rings. The van der Waals surface area contributed by atoms with E-state index in [1.165, 1.54) is 24.6 Å². The zero-order chi connectivity index (χ0) is 21.5. The molecule has 0 N–H and O–H groups in total. The molecule has 0 radical (unpaired) electrons. The topological polar surface area (TPSA) is 71.2 Å². The predicted molar refractivity (Wildman–Crippen MR) is 118 cm³/mol. The summed E-state index contributed by atoms with van der Waals surface area (Å²) in [7, 11) is 0. The van der Waals surface area contributed by atoms with E-state index in [1.807, 2.05) is 51.1 Å². The Balaban J connectivity index is 1.27. The van der Waals surface area contributed by atoms with E-state index in [1.54, 1.807) is 0 Å². The molecule has 1 atom stereocenters. The average molecular weight is 439 g/mol. The fraction of sp³-hybridized carbons (Fsp3) is 0.435. The molecule has 162 valence electrons. The second-order valence-corrected chi connectivity index (χ2v) is 9.18. The summed E-state index contributed by atoms with van der Waals surface area (Å²) in [5.74, 6) is 2.93. The van der Waals surface area contributed by atoms with Crippen LogP contribution in [-0.2, 0) is 6.54 Å². The van der Waals surface area contributed by atoms with Gasteiger partial charge in [0, 0.05) is 23.0 Å². The van der Waals surface area contributed by atoms with Gasteiger partial charge >= 0.3 is 0 Å². The minimum atomic E-state index is -0.0999. The summed E-state index contributed by atoms with van der Waals surface area (Å²) in [5, 5.41) is 9.31. The Morgan fingerprint density at radius 3 is 2.71 bits per heavy atom. The maximum absolute atomic E-state index is 13.0. The largest absolute Gasteiger partial charge is 0.486 e. The fourth-order valence-corrected chi connectivity index (χ4v) is 5.06. The van der Waals surface area contributed by atoms with Crippen molar-refractivity contribution < 1.29 is 14.3 Å². The van der Waals surface area contributed by atoms with Crippen LogP contribution in [0.3, 0.4) is 0 Å². The van der Waals surface area contributed by atoms with E-state index in [-0.39, 0.29) is 11.9 Å². The lowest BCUT2D eigenvalue weighted by atomic mass is 10.2. The van der Waals surface area contributed by atoms with Gasteiger partial charge in [0.15, 0.2) is 28.5 Å². The molecule has 0 saturated heterocycles. The number of hydrogen-bond acceptors (Lipinski definition) is 6. The van der Waals surface area contributed by atoms with Crippen molar-refractivity contribution in [3.63, 3.8) is 0 Å². The quantitative estimate of drug-likeness (QED) is 0.408. The molecular weight excluding hydrogens is 412 g/mol. The zero-order valence-corrected chi connectivity index (χ0v) is 18.8. The number of aromatic nitrogens is 4. The third-order valence-corrected chi connectivity index (χ3v) is 6.85. The standard InChI is InChI=1S/C23H26N4O3S/c1-14-10-19(20(28)13-31-23-25-24-16(3)27(23)17-8-9-17)15(2)26(14)11-18-12-29-21-6-4-5-7-22(21)30-18/h4-7,10,17-18H,8-9,11-13H2,1-3H3. The number of Topliss-reactive ketones (excluding diaryl/α,β-unsaturated/α-hetero) is 1. The number of fused-ring (bicyclic) bond motifs is 1. The lowest BCUT2D eigenvalue weighted by molar-refractivity contribution is 0.0777. The highest BCUT2D eigenvalue weighted by molar-refractivity contribution is 7.99. The summed E-state index contributed by atoms with van der Waals surface area (Å²) >= 11 is 1.48. The molecule has 3 heterocycles. The van der Waals surface area contributed by atoms with Crippen LogP contribution in [-0.4, -0.2) is 43.6 Å². The molecule has 1 aliphatic heterocycles. The van der Waals surface area contributed by atoms with Crippen LogP contribution in [0.2, 0.25) is 0 Å². The molecule has 1 saturated carbocycles. The average Bonchev–Trinajstić information content (AvgIpc) is 3.49. The molecule has 0 amide bonds. The van der Waals surface area contributed by atoms with Crippen molar-refractivity contribution in [1.82, 2.24) is 19.3 Å². The van der Waals surface area contributed by atoms with E-state index < -0.39 is 0 Å². The first kappa shape index (κ1) is 20.2. The third-order valence-electron chi connectivity index (χ3n) is 5.91. The Hall–Kier alpha value is -2.74. The van der Waals surface area contributed by atoms with Crippen molar-refractivity contribution in [3.8, 4) is 11.5 Å². The monoisotopic (exact) mass is 438 g/mol. The maximum Gasteiger partial charge on any atom is 0.191 e. The van der Waals surface area contributed by atoms with E-state index in [9.17, 15) is 4.79 Å². The second kappa shape index (κ2) is 8.07. The van der Waals surface area contributed by atoms with Gasteiger partial charge in [0.05, 0.1) is 12.3 Å². The summed E-state index contributed by atoms with van der Waals surface area (Å²) < 4.78 is 16.3. The van der Waals surface area contributed by atoms with Gasteiger partial charge in [-0.3, -0.25) is 4.79 Å².